The third-order valence-corrected chi connectivity index (χ3v) is 4.76. The lowest BCUT2D eigenvalue weighted by molar-refractivity contribution is -0.121. The molecule has 1 aliphatic rings. The average molecular weight is 399 g/mol. The highest BCUT2D eigenvalue weighted by molar-refractivity contribution is 6.30. The van der Waals surface area contributed by atoms with Crippen LogP contribution in [0, 0.1) is 0 Å². The second-order valence-electron chi connectivity index (χ2n) is 6.56. The summed E-state index contributed by atoms with van der Waals surface area (Å²) in [7, 11) is 0. The molecule has 0 aliphatic carbocycles. The summed E-state index contributed by atoms with van der Waals surface area (Å²) in [5, 5.41) is 7.64. The van der Waals surface area contributed by atoms with Crippen molar-refractivity contribution >= 4 is 23.2 Å². The highest BCUT2D eigenvalue weighted by atomic mass is 35.5. The first-order valence-corrected chi connectivity index (χ1v) is 9.45. The fraction of sp³-hybridized carbons (Fsp3) is 0.316. The van der Waals surface area contributed by atoms with E-state index in [-0.39, 0.29) is 18.4 Å². The normalized spacial score (nSPS) is 16.3. The van der Waals surface area contributed by atoms with Gasteiger partial charge in [0, 0.05) is 55.1 Å². The molecular weight excluding hydrogens is 380 g/mol. The summed E-state index contributed by atoms with van der Waals surface area (Å²) in [6.45, 7) is 1.65. The van der Waals surface area contributed by atoms with Crippen molar-refractivity contribution in [3.05, 3.63) is 53.6 Å². The van der Waals surface area contributed by atoms with Crippen LogP contribution in [0.25, 0.3) is 11.6 Å². The van der Waals surface area contributed by atoms with Crippen LogP contribution in [0.1, 0.15) is 18.7 Å². The molecule has 9 heteroatoms. The minimum absolute atomic E-state index is 0.0337. The molecule has 8 nitrogen and oxygen atoms in total. The predicted octanol–water partition coefficient (Wildman–Crippen LogP) is 2.51. The Morgan fingerprint density at radius 2 is 2.11 bits per heavy atom. The van der Waals surface area contributed by atoms with E-state index in [4.69, 9.17) is 16.1 Å². The van der Waals surface area contributed by atoms with Gasteiger partial charge in [0.05, 0.1) is 0 Å². The smallest absolute Gasteiger partial charge is 0.240 e. The number of halogens is 1. The molecule has 1 saturated heterocycles. The first kappa shape index (κ1) is 18.4. The molecule has 28 heavy (non-hydrogen) atoms. The number of aryl methyl sites for hydroxylation is 1. The Balaban J connectivity index is 1.26. The molecule has 4 rings (SSSR count). The van der Waals surface area contributed by atoms with E-state index in [0.717, 1.165) is 25.2 Å². The van der Waals surface area contributed by atoms with Crippen LogP contribution in [0.4, 0.5) is 5.69 Å². The van der Waals surface area contributed by atoms with Crippen LogP contribution in [0.15, 0.2) is 47.2 Å². The van der Waals surface area contributed by atoms with Gasteiger partial charge >= 0.3 is 0 Å². The minimum Gasteiger partial charge on any atom is -0.369 e. The van der Waals surface area contributed by atoms with Crippen LogP contribution in [0.2, 0.25) is 5.02 Å². The molecule has 1 aromatic carbocycles. The Labute approximate surface area is 166 Å². The molecule has 0 radical (unpaired) electrons. The Morgan fingerprint density at radius 3 is 2.93 bits per heavy atom. The van der Waals surface area contributed by atoms with Gasteiger partial charge in [-0.2, -0.15) is 4.98 Å². The highest BCUT2D eigenvalue weighted by Crippen LogP contribution is 2.23. The maximum absolute atomic E-state index is 12.3. The van der Waals surface area contributed by atoms with Gasteiger partial charge in [-0.25, -0.2) is 9.97 Å². The Bertz CT molecular complexity index is 948. The van der Waals surface area contributed by atoms with Crippen molar-refractivity contribution in [2.75, 3.05) is 18.0 Å². The van der Waals surface area contributed by atoms with Gasteiger partial charge in [0.15, 0.2) is 0 Å². The minimum atomic E-state index is -0.0337. The van der Waals surface area contributed by atoms with E-state index in [2.05, 4.69) is 30.3 Å². The number of anilines is 1. The van der Waals surface area contributed by atoms with Crippen LogP contribution >= 0.6 is 11.6 Å². The zero-order valence-corrected chi connectivity index (χ0v) is 15.8. The van der Waals surface area contributed by atoms with Gasteiger partial charge < -0.3 is 14.7 Å². The molecule has 2 aromatic heterocycles. The van der Waals surface area contributed by atoms with E-state index >= 15 is 0 Å². The average Bonchev–Trinajstić information content (AvgIpc) is 3.37. The van der Waals surface area contributed by atoms with Gasteiger partial charge in [-0.15, -0.1) is 0 Å². The van der Waals surface area contributed by atoms with Crippen molar-refractivity contribution in [3.8, 4) is 11.6 Å². The van der Waals surface area contributed by atoms with E-state index in [9.17, 15) is 4.79 Å². The molecule has 144 valence electrons. The number of hydrogen-bond donors (Lipinski definition) is 1. The summed E-state index contributed by atoms with van der Waals surface area (Å²) in [6.07, 6.45) is 4.77. The summed E-state index contributed by atoms with van der Waals surface area (Å²) in [6, 6.07) is 9.58. The predicted molar refractivity (Wildman–Crippen MR) is 104 cm³/mol. The fourth-order valence-corrected chi connectivity index (χ4v) is 3.35. The van der Waals surface area contributed by atoms with Crippen LogP contribution in [0.5, 0.6) is 0 Å². The second-order valence-corrected chi connectivity index (χ2v) is 7.00. The third kappa shape index (κ3) is 4.45. The van der Waals surface area contributed by atoms with Crippen LogP contribution in [0.3, 0.4) is 0 Å². The zero-order valence-electron chi connectivity index (χ0n) is 15.1. The van der Waals surface area contributed by atoms with Gasteiger partial charge in [0.2, 0.25) is 23.4 Å². The molecule has 1 fully saturated rings. The van der Waals surface area contributed by atoms with E-state index in [1.54, 1.807) is 18.5 Å². The molecule has 3 heterocycles. The molecule has 1 N–H and O–H groups in total. The quantitative estimate of drug-likeness (QED) is 0.681. The SMILES string of the molecule is O=C(CCc1nc(-c2ncccn2)no1)NC1CCN(c2cccc(Cl)c2)C1. The molecule has 0 bridgehead atoms. The number of nitrogens with one attached hydrogen (secondary N) is 1. The molecule has 0 spiro atoms. The molecule has 1 atom stereocenters. The summed E-state index contributed by atoms with van der Waals surface area (Å²) in [5.74, 6) is 1.08. The maximum Gasteiger partial charge on any atom is 0.240 e. The van der Waals surface area contributed by atoms with Crippen molar-refractivity contribution in [3.63, 3.8) is 0 Å². The standard InChI is InChI=1S/C19H19ClN6O2/c20-13-3-1-4-15(11-13)26-10-7-14(12-26)23-16(27)5-6-17-24-19(25-28-17)18-21-8-2-9-22-18/h1-4,8-9,11,14H,5-7,10,12H2,(H,23,27). The summed E-state index contributed by atoms with van der Waals surface area (Å²) >= 11 is 6.06. The van der Waals surface area contributed by atoms with E-state index in [1.165, 1.54) is 0 Å². The lowest BCUT2D eigenvalue weighted by Crippen LogP contribution is -2.37. The van der Waals surface area contributed by atoms with Crippen molar-refractivity contribution in [2.24, 2.45) is 0 Å². The zero-order chi connectivity index (χ0) is 19.3. The first-order chi connectivity index (χ1) is 13.7. The van der Waals surface area contributed by atoms with E-state index in [1.807, 2.05) is 24.3 Å². The van der Waals surface area contributed by atoms with Crippen LogP contribution in [-0.2, 0) is 11.2 Å². The Hall–Kier alpha value is -3.00. The Morgan fingerprint density at radius 1 is 1.25 bits per heavy atom. The lowest BCUT2D eigenvalue weighted by Gasteiger charge is -2.19. The van der Waals surface area contributed by atoms with Gasteiger partial charge in [0.25, 0.3) is 0 Å². The van der Waals surface area contributed by atoms with Crippen molar-refractivity contribution < 1.29 is 9.32 Å². The van der Waals surface area contributed by atoms with Crippen molar-refractivity contribution in [1.29, 1.82) is 0 Å². The molecule has 3 aromatic rings. The van der Waals surface area contributed by atoms with Gasteiger partial charge in [-0.1, -0.05) is 22.8 Å². The number of nitrogens with zero attached hydrogens (tertiary/aromatic N) is 5. The first-order valence-electron chi connectivity index (χ1n) is 9.07. The number of aromatic nitrogens is 4. The summed E-state index contributed by atoms with van der Waals surface area (Å²) < 4.78 is 5.18. The summed E-state index contributed by atoms with van der Waals surface area (Å²) in [5.41, 5.74) is 1.07. The summed E-state index contributed by atoms with van der Waals surface area (Å²) in [4.78, 5) is 26.9. The lowest BCUT2D eigenvalue weighted by atomic mass is 10.2. The van der Waals surface area contributed by atoms with Gasteiger partial charge in [-0.3, -0.25) is 4.79 Å². The highest BCUT2D eigenvalue weighted by Gasteiger charge is 2.24. The van der Waals surface area contributed by atoms with E-state index in [0.29, 0.717) is 29.0 Å². The molecule has 1 amide bonds. The fourth-order valence-electron chi connectivity index (χ4n) is 3.17. The van der Waals surface area contributed by atoms with E-state index < -0.39 is 0 Å². The number of hydrogen-bond acceptors (Lipinski definition) is 7. The third-order valence-electron chi connectivity index (χ3n) is 4.53. The van der Waals surface area contributed by atoms with Crippen molar-refractivity contribution in [2.45, 2.75) is 25.3 Å². The second kappa shape index (κ2) is 8.35. The number of amides is 1. The van der Waals surface area contributed by atoms with Crippen LogP contribution < -0.4 is 10.2 Å². The molecule has 1 unspecified atom stereocenters. The van der Waals surface area contributed by atoms with Crippen LogP contribution in [-0.4, -0.2) is 45.1 Å². The number of benzene rings is 1. The Kier molecular flexibility index (Phi) is 5.48. The number of rotatable bonds is 6. The number of carbonyl (C=O) groups excluding carboxylic acids is 1. The molecule has 1 aliphatic heterocycles. The topological polar surface area (TPSA) is 97.0 Å². The number of carbonyl (C=O) groups is 1. The maximum atomic E-state index is 12.3. The monoisotopic (exact) mass is 398 g/mol. The van der Waals surface area contributed by atoms with Gasteiger partial charge in [0.1, 0.15) is 0 Å². The largest absolute Gasteiger partial charge is 0.369 e. The van der Waals surface area contributed by atoms with Crippen molar-refractivity contribution in [1.82, 2.24) is 25.4 Å². The molecular formula is C19H19ClN6O2. The van der Waals surface area contributed by atoms with Gasteiger partial charge in [-0.05, 0) is 30.7 Å². The molecule has 0 saturated carbocycles.